The summed E-state index contributed by atoms with van der Waals surface area (Å²) < 4.78 is 11.2. The largest absolute Gasteiger partial charge is 0.465 e. The van der Waals surface area contributed by atoms with Gasteiger partial charge < -0.3 is 19.7 Å². The summed E-state index contributed by atoms with van der Waals surface area (Å²) in [4.78, 5) is 32.1. The molecule has 0 radical (unpaired) electrons. The Balaban J connectivity index is 2.02. The summed E-state index contributed by atoms with van der Waals surface area (Å²) in [5, 5.41) is 3.86. The molecule has 0 bridgehead atoms. The first-order valence-corrected chi connectivity index (χ1v) is 11.2. The number of aromatic nitrogens is 1. The van der Waals surface area contributed by atoms with Crippen LogP contribution in [0.25, 0.3) is 0 Å². The Morgan fingerprint density at radius 2 is 1.78 bits per heavy atom. The van der Waals surface area contributed by atoms with Gasteiger partial charge in [0.1, 0.15) is 17.4 Å². The average Bonchev–Trinajstić information content (AvgIpc) is 3.28. The third-order valence-electron chi connectivity index (χ3n) is 5.58. The van der Waals surface area contributed by atoms with Crippen LogP contribution in [0.4, 0.5) is 5.69 Å². The third kappa shape index (κ3) is 5.15. The minimum absolute atomic E-state index is 0.0298. The Hall–Kier alpha value is -2.80. The smallest absolute Gasteiger partial charge is 0.345 e. The number of pyridine rings is 1. The molecule has 0 spiro atoms. The van der Waals surface area contributed by atoms with Crippen molar-refractivity contribution in [1.29, 1.82) is 0 Å². The van der Waals surface area contributed by atoms with E-state index in [0.717, 1.165) is 37.1 Å². The number of halogens is 1. The number of amides is 1. The van der Waals surface area contributed by atoms with Gasteiger partial charge in [-0.05, 0) is 69.4 Å². The second kappa shape index (κ2) is 10.2. The van der Waals surface area contributed by atoms with Crippen molar-refractivity contribution in [3.63, 3.8) is 0 Å². The number of aryl methyl sites for hydroxylation is 3. The molecule has 1 aliphatic rings. The van der Waals surface area contributed by atoms with Crippen LogP contribution in [-0.2, 0) is 9.53 Å². The van der Waals surface area contributed by atoms with Gasteiger partial charge in [0.2, 0.25) is 11.8 Å². The highest BCUT2D eigenvalue weighted by atomic mass is 35.5. The third-order valence-corrected chi connectivity index (χ3v) is 5.80. The minimum atomic E-state index is -0.595. The van der Waals surface area contributed by atoms with Crippen LogP contribution in [0.15, 0.2) is 18.2 Å². The van der Waals surface area contributed by atoms with Gasteiger partial charge in [0.25, 0.3) is 0 Å². The van der Waals surface area contributed by atoms with Crippen LogP contribution >= 0.6 is 11.6 Å². The Labute approximate surface area is 194 Å². The number of likely N-dealkylation sites (tertiary alicyclic amines) is 1. The fraction of sp³-hybridized carbons (Fsp3) is 0.458. The maximum absolute atomic E-state index is 13.0. The van der Waals surface area contributed by atoms with E-state index in [-0.39, 0.29) is 17.4 Å². The molecule has 1 fully saturated rings. The number of carbonyl (C=O) groups is 2. The van der Waals surface area contributed by atoms with Crippen molar-refractivity contribution in [3.8, 4) is 11.6 Å². The molecule has 3 rings (SSSR count). The molecule has 1 unspecified atom stereocenters. The number of rotatable bonds is 7. The molecule has 1 atom stereocenters. The maximum atomic E-state index is 13.0. The second-order valence-electron chi connectivity index (χ2n) is 8.09. The minimum Gasteiger partial charge on any atom is -0.465 e. The van der Waals surface area contributed by atoms with E-state index in [1.54, 1.807) is 18.2 Å². The lowest BCUT2D eigenvalue weighted by atomic mass is 10.1. The van der Waals surface area contributed by atoms with Gasteiger partial charge in [-0.3, -0.25) is 4.79 Å². The van der Waals surface area contributed by atoms with Crippen molar-refractivity contribution in [3.05, 3.63) is 45.6 Å². The highest BCUT2D eigenvalue weighted by Crippen LogP contribution is 2.35. The molecule has 7 nitrogen and oxygen atoms in total. The molecule has 2 heterocycles. The van der Waals surface area contributed by atoms with Crippen LogP contribution in [0.1, 0.15) is 53.4 Å². The number of hydrogen-bond acceptors (Lipinski definition) is 6. The predicted octanol–water partition coefficient (Wildman–Crippen LogP) is 5.05. The number of benzene rings is 1. The molecule has 1 saturated heterocycles. The van der Waals surface area contributed by atoms with Crippen molar-refractivity contribution in [2.45, 2.75) is 53.0 Å². The van der Waals surface area contributed by atoms with E-state index < -0.39 is 12.0 Å². The number of ether oxygens (including phenoxy) is 2. The van der Waals surface area contributed by atoms with Gasteiger partial charge in [-0.2, -0.15) is 0 Å². The summed E-state index contributed by atoms with van der Waals surface area (Å²) in [7, 11) is 1.31. The van der Waals surface area contributed by atoms with Crippen LogP contribution in [-0.4, -0.2) is 48.0 Å². The molecule has 1 N–H and O–H groups in total. The highest BCUT2D eigenvalue weighted by molar-refractivity contribution is 6.30. The Kier molecular flexibility index (Phi) is 7.61. The normalized spacial score (nSPS) is 14.2. The second-order valence-corrected chi connectivity index (χ2v) is 8.53. The topological polar surface area (TPSA) is 80.8 Å². The molecule has 1 amide bonds. The van der Waals surface area contributed by atoms with E-state index >= 15 is 0 Å². The molecule has 32 heavy (non-hydrogen) atoms. The molecule has 2 aromatic rings. The maximum Gasteiger partial charge on any atom is 0.345 e. The summed E-state index contributed by atoms with van der Waals surface area (Å²) in [6.45, 7) is 9.03. The van der Waals surface area contributed by atoms with Crippen molar-refractivity contribution in [2.75, 3.05) is 25.5 Å². The zero-order valence-corrected chi connectivity index (χ0v) is 20.0. The molecule has 1 aromatic carbocycles. The SMILES string of the molecule is CCC(Nc1cc(C)nc(Oc2c(C)cc(Cl)cc2C)c1C(=O)OC)C(=O)N1CCCC1. The van der Waals surface area contributed by atoms with Gasteiger partial charge in [-0.1, -0.05) is 18.5 Å². The van der Waals surface area contributed by atoms with Crippen molar-refractivity contribution < 1.29 is 19.1 Å². The first-order chi connectivity index (χ1) is 15.2. The standard InChI is InChI=1S/C24H30ClN3O4/c1-6-18(23(29)28-9-7-8-10-28)27-19-13-16(4)26-22(20(19)24(30)31-5)32-21-14(2)11-17(25)12-15(21)3/h11-13,18H,6-10H2,1-5H3,(H,26,27). The van der Waals surface area contributed by atoms with Gasteiger partial charge in [0, 0.05) is 23.8 Å². The van der Waals surface area contributed by atoms with Gasteiger partial charge >= 0.3 is 5.97 Å². The van der Waals surface area contributed by atoms with E-state index in [1.165, 1.54) is 7.11 Å². The van der Waals surface area contributed by atoms with Crippen LogP contribution < -0.4 is 10.1 Å². The zero-order chi connectivity index (χ0) is 23.4. The predicted molar refractivity (Wildman–Crippen MR) is 125 cm³/mol. The van der Waals surface area contributed by atoms with Crippen LogP contribution in [0.3, 0.4) is 0 Å². The molecule has 0 saturated carbocycles. The zero-order valence-electron chi connectivity index (χ0n) is 19.3. The number of anilines is 1. The van der Waals surface area contributed by atoms with Crippen LogP contribution in [0, 0.1) is 20.8 Å². The summed E-state index contributed by atoms with van der Waals surface area (Å²) in [5.41, 5.74) is 2.89. The van der Waals surface area contributed by atoms with Crippen LogP contribution in [0.5, 0.6) is 11.6 Å². The Bertz CT molecular complexity index is 996. The molecular weight excluding hydrogens is 430 g/mol. The molecule has 1 aromatic heterocycles. The lowest BCUT2D eigenvalue weighted by molar-refractivity contribution is -0.131. The van der Waals surface area contributed by atoms with Crippen molar-refractivity contribution in [2.24, 2.45) is 0 Å². The van der Waals surface area contributed by atoms with E-state index in [0.29, 0.717) is 28.6 Å². The number of methoxy groups -OCH3 is 1. The molecule has 8 heteroatoms. The van der Waals surface area contributed by atoms with Gasteiger partial charge in [0.15, 0.2) is 0 Å². The number of hydrogen-bond donors (Lipinski definition) is 1. The first-order valence-electron chi connectivity index (χ1n) is 10.8. The summed E-state index contributed by atoms with van der Waals surface area (Å²) >= 11 is 6.15. The fourth-order valence-electron chi connectivity index (χ4n) is 3.97. The van der Waals surface area contributed by atoms with E-state index in [4.69, 9.17) is 21.1 Å². The number of nitrogens with zero attached hydrogens (tertiary/aromatic N) is 2. The highest BCUT2D eigenvalue weighted by Gasteiger charge is 2.29. The quantitative estimate of drug-likeness (QED) is 0.583. The lowest BCUT2D eigenvalue weighted by Crippen LogP contribution is -2.41. The van der Waals surface area contributed by atoms with E-state index in [1.807, 2.05) is 32.6 Å². The van der Waals surface area contributed by atoms with Crippen LogP contribution in [0.2, 0.25) is 5.02 Å². The first kappa shape index (κ1) is 23.9. The summed E-state index contributed by atoms with van der Waals surface area (Å²) in [6.07, 6.45) is 2.60. The Morgan fingerprint density at radius 1 is 1.16 bits per heavy atom. The molecule has 172 valence electrons. The van der Waals surface area contributed by atoms with E-state index in [2.05, 4.69) is 10.3 Å². The number of esters is 1. The van der Waals surface area contributed by atoms with Gasteiger partial charge in [-0.15, -0.1) is 0 Å². The molecule has 0 aliphatic carbocycles. The van der Waals surface area contributed by atoms with E-state index in [9.17, 15) is 9.59 Å². The number of carbonyl (C=O) groups excluding carboxylic acids is 2. The molecular formula is C24H30ClN3O4. The monoisotopic (exact) mass is 459 g/mol. The fourth-order valence-corrected chi connectivity index (χ4v) is 4.30. The molecule has 1 aliphatic heterocycles. The summed E-state index contributed by atoms with van der Waals surface area (Å²) in [6, 6.07) is 4.85. The van der Waals surface area contributed by atoms with Gasteiger partial charge in [0.05, 0.1) is 12.8 Å². The summed E-state index contributed by atoms with van der Waals surface area (Å²) in [5.74, 6) is 0.130. The lowest BCUT2D eigenvalue weighted by Gasteiger charge is -2.25. The Morgan fingerprint density at radius 3 is 2.34 bits per heavy atom. The van der Waals surface area contributed by atoms with Gasteiger partial charge in [-0.25, -0.2) is 9.78 Å². The average molecular weight is 460 g/mol. The van der Waals surface area contributed by atoms with Crippen molar-refractivity contribution in [1.82, 2.24) is 9.88 Å². The number of nitrogens with one attached hydrogen (secondary N) is 1. The van der Waals surface area contributed by atoms with Crippen molar-refractivity contribution >= 4 is 29.2 Å².